The van der Waals surface area contributed by atoms with Crippen molar-refractivity contribution in [3.8, 4) is 0 Å². The number of amides is 1. The summed E-state index contributed by atoms with van der Waals surface area (Å²) >= 11 is 3.11. The molecule has 0 saturated heterocycles. The summed E-state index contributed by atoms with van der Waals surface area (Å²) in [5.41, 5.74) is 0. The van der Waals surface area contributed by atoms with Crippen LogP contribution < -0.4 is 5.32 Å². The summed E-state index contributed by atoms with van der Waals surface area (Å²) in [6.07, 6.45) is 20.6. The standard InChI is InChI=1S/C23H47BrNO5P/c1-2-3-4-5-6-7-8-9-10-11-12-13-14-15-16-20-25-23(26)18-17-21-29-31(27,28)30-22-19-24/h2-22H2,1H3,(H,25,26)(H,27,28). The van der Waals surface area contributed by atoms with Gasteiger partial charge >= 0.3 is 7.82 Å². The van der Waals surface area contributed by atoms with Gasteiger partial charge in [0.05, 0.1) is 13.2 Å². The van der Waals surface area contributed by atoms with Gasteiger partial charge in [0.1, 0.15) is 0 Å². The molecular weight excluding hydrogens is 481 g/mol. The molecule has 186 valence electrons. The normalized spacial score (nSPS) is 13.3. The molecule has 6 nitrogen and oxygen atoms in total. The number of hydrogen-bond acceptors (Lipinski definition) is 4. The molecule has 0 aliphatic heterocycles. The van der Waals surface area contributed by atoms with Crippen LogP contribution in [-0.2, 0) is 18.4 Å². The Bertz CT molecular complexity index is 454. The fourth-order valence-electron chi connectivity index (χ4n) is 3.41. The van der Waals surface area contributed by atoms with E-state index in [0.717, 1.165) is 12.8 Å². The molecule has 2 N–H and O–H groups in total. The van der Waals surface area contributed by atoms with E-state index >= 15 is 0 Å². The topological polar surface area (TPSA) is 84.9 Å². The van der Waals surface area contributed by atoms with Crippen molar-refractivity contribution in [2.75, 3.05) is 25.1 Å². The first-order valence-electron chi connectivity index (χ1n) is 12.5. The monoisotopic (exact) mass is 527 g/mol. The van der Waals surface area contributed by atoms with Gasteiger partial charge in [0.2, 0.25) is 5.91 Å². The Labute approximate surface area is 199 Å². The van der Waals surface area contributed by atoms with E-state index in [0.29, 0.717) is 18.3 Å². The summed E-state index contributed by atoms with van der Waals surface area (Å²) in [5, 5.41) is 3.36. The van der Waals surface area contributed by atoms with Crippen molar-refractivity contribution in [3.05, 3.63) is 0 Å². The van der Waals surface area contributed by atoms with Crippen molar-refractivity contribution in [1.82, 2.24) is 5.32 Å². The molecule has 0 aromatic carbocycles. The van der Waals surface area contributed by atoms with Crippen LogP contribution in [0.5, 0.6) is 0 Å². The van der Waals surface area contributed by atoms with Crippen molar-refractivity contribution in [3.63, 3.8) is 0 Å². The highest BCUT2D eigenvalue weighted by molar-refractivity contribution is 9.09. The summed E-state index contributed by atoms with van der Waals surface area (Å²) < 4.78 is 20.9. The average molecular weight is 529 g/mol. The quantitative estimate of drug-likeness (QED) is 0.0781. The zero-order chi connectivity index (χ0) is 23.0. The van der Waals surface area contributed by atoms with Crippen molar-refractivity contribution in [1.29, 1.82) is 0 Å². The van der Waals surface area contributed by atoms with E-state index in [2.05, 4.69) is 28.2 Å². The third-order valence-electron chi connectivity index (χ3n) is 5.24. The molecule has 0 saturated carbocycles. The molecular formula is C23H47BrNO5P. The lowest BCUT2D eigenvalue weighted by Gasteiger charge is -2.11. The lowest BCUT2D eigenvalue weighted by atomic mass is 10.0. The molecule has 0 aliphatic carbocycles. The predicted molar refractivity (Wildman–Crippen MR) is 133 cm³/mol. The first-order valence-corrected chi connectivity index (χ1v) is 15.1. The van der Waals surface area contributed by atoms with Crippen LogP contribution >= 0.6 is 23.8 Å². The highest BCUT2D eigenvalue weighted by Crippen LogP contribution is 2.43. The third-order valence-corrected chi connectivity index (χ3v) is 6.58. The van der Waals surface area contributed by atoms with Crippen molar-refractivity contribution < 1.29 is 23.3 Å². The van der Waals surface area contributed by atoms with Gasteiger partial charge in [-0.25, -0.2) is 4.57 Å². The van der Waals surface area contributed by atoms with E-state index in [4.69, 9.17) is 9.05 Å². The molecule has 1 unspecified atom stereocenters. The van der Waals surface area contributed by atoms with Crippen LogP contribution in [0.15, 0.2) is 0 Å². The van der Waals surface area contributed by atoms with Gasteiger partial charge in [-0.15, -0.1) is 0 Å². The van der Waals surface area contributed by atoms with E-state index < -0.39 is 7.82 Å². The minimum absolute atomic E-state index is 0.0302. The molecule has 0 fully saturated rings. The number of carbonyl (C=O) groups is 1. The minimum Gasteiger partial charge on any atom is -0.356 e. The van der Waals surface area contributed by atoms with Crippen LogP contribution in [0.3, 0.4) is 0 Å². The van der Waals surface area contributed by atoms with Crippen LogP contribution in [0.2, 0.25) is 0 Å². The zero-order valence-electron chi connectivity index (χ0n) is 19.8. The van der Waals surface area contributed by atoms with Crippen LogP contribution in [0.1, 0.15) is 116 Å². The Morgan fingerprint density at radius 2 is 1.23 bits per heavy atom. The van der Waals surface area contributed by atoms with Crippen molar-refractivity contribution in [2.24, 2.45) is 0 Å². The number of unbranched alkanes of at least 4 members (excludes halogenated alkanes) is 14. The smallest absolute Gasteiger partial charge is 0.356 e. The van der Waals surface area contributed by atoms with Gasteiger partial charge in [-0.3, -0.25) is 13.8 Å². The average Bonchev–Trinajstić information content (AvgIpc) is 2.75. The maximum atomic E-state index is 11.8. The number of halogens is 1. The number of hydrogen-bond donors (Lipinski definition) is 2. The Morgan fingerprint density at radius 1 is 0.774 bits per heavy atom. The third kappa shape index (κ3) is 24.5. The van der Waals surface area contributed by atoms with Gasteiger partial charge in [0.15, 0.2) is 0 Å². The number of nitrogens with one attached hydrogen (secondary N) is 1. The predicted octanol–water partition coefficient (Wildman–Crippen LogP) is 7.28. The van der Waals surface area contributed by atoms with Gasteiger partial charge in [0, 0.05) is 18.3 Å². The molecule has 31 heavy (non-hydrogen) atoms. The molecule has 0 aromatic heterocycles. The first kappa shape index (κ1) is 31.1. The van der Waals surface area contributed by atoms with E-state index in [1.807, 2.05) is 0 Å². The molecule has 0 bridgehead atoms. The van der Waals surface area contributed by atoms with E-state index in [1.165, 1.54) is 83.5 Å². The van der Waals surface area contributed by atoms with Crippen molar-refractivity contribution >= 4 is 29.7 Å². The highest BCUT2D eigenvalue weighted by Gasteiger charge is 2.20. The lowest BCUT2D eigenvalue weighted by molar-refractivity contribution is -0.121. The van der Waals surface area contributed by atoms with E-state index in [9.17, 15) is 14.3 Å². The first-order chi connectivity index (χ1) is 15.0. The molecule has 0 rings (SSSR count). The molecule has 0 aliphatic rings. The van der Waals surface area contributed by atoms with E-state index in [1.54, 1.807) is 0 Å². The number of carbonyl (C=O) groups excluding carboxylic acids is 1. The van der Waals surface area contributed by atoms with Crippen molar-refractivity contribution in [2.45, 2.75) is 116 Å². The maximum absolute atomic E-state index is 11.8. The summed E-state index contributed by atoms with van der Waals surface area (Å²) in [7, 11) is -3.99. The molecule has 1 atom stereocenters. The SMILES string of the molecule is CCCCCCCCCCCCCCCCCNC(=O)CCCOP(=O)(O)OCCBr. The summed E-state index contributed by atoms with van der Waals surface area (Å²) in [4.78, 5) is 21.1. The van der Waals surface area contributed by atoms with Gasteiger partial charge in [-0.05, 0) is 12.8 Å². The summed E-state index contributed by atoms with van der Waals surface area (Å²) in [6.45, 7) is 3.10. The molecule has 0 aromatic rings. The van der Waals surface area contributed by atoms with Crippen LogP contribution in [0, 0.1) is 0 Å². The van der Waals surface area contributed by atoms with Crippen LogP contribution in [0.4, 0.5) is 0 Å². The molecule has 0 heterocycles. The maximum Gasteiger partial charge on any atom is 0.472 e. The summed E-state index contributed by atoms with van der Waals surface area (Å²) in [6, 6.07) is 0. The molecule has 8 heteroatoms. The van der Waals surface area contributed by atoms with Gasteiger partial charge in [-0.2, -0.15) is 0 Å². The Hall–Kier alpha value is 0.0600. The van der Waals surface area contributed by atoms with E-state index in [-0.39, 0.29) is 25.5 Å². The van der Waals surface area contributed by atoms with Crippen LogP contribution in [0.25, 0.3) is 0 Å². The van der Waals surface area contributed by atoms with Gasteiger partial charge < -0.3 is 10.2 Å². The zero-order valence-corrected chi connectivity index (χ0v) is 22.2. The number of alkyl halides is 1. The lowest BCUT2D eigenvalue weighted by Crippen LogP contribution is -2.24. The fourth-order valence-corrected chi connectivity index (χ4v) is 4.58. The molecule has 0 radical (unpaired) electrons. The Balaban J connectivity index is 3.28. The number of phosphoric acid groups is 1. The summed E-state index contributed by atoms with van der Waals surface area (Å²) in [5.74, 6) is -0.0388. The molecule has 1 amide bonds. The second-order valence-electron chi connectivity index (χ2n) is 8.23. The number of rotatable bonds is 24. The van der Waals surface area contributed by atoms with Gasteiger partial charge in [0.25, 0.3) is 0 Å². The van der Waals surface area contributed by atoms with Crippen LogP contribution in [-0.4, -0.2) is 35.9 Å². The highest BCUT2D eigenvalue weighted by atomic mass is 79.9. The fraction of sp³-hybridized carbons (Fsp3) is 0.957. The second-order valence-corrected chi connectivity index (χ2v) is 10.5. The molecule has 0 spiro atoms. The number of phosphoric ester groups is 1. The Morgan fingerprint density at radius 3 is 1.71 bits per heavy atom. The largest absolute Gasteiger partial charge is 0.472 e. The van der Waals surface area contributed by atoms with Gasteiger partial charge in [-0.1, -0.05) is 113 Å². The minimum atomic E-state index is -3.99. The second kappa shape index (κ2) is 23.2. The Kier molecular flexibility index (Phi) is 23.3.